The summed E-state index contributed by atoms with van der Waals surface area (Å²) >= 11 is 14.9. The van der Waals surface area contributed by atoms with Gasteiger partial charge in [-0.2, -0.15) is 5.10 Å². The quantitative estimate of drug-likeness (QED) is 0.471. The summed E-state index contributed by atoms with van der Waals surface area (Å²) in [6.07, 6.45) is 2.97. The van der Waals surface area contributed by atoms with E-state index in [4.69, 9.17) is 28.3 Å². The third kappa shape index (κ3) is 4.87. The normalized spacial score (nSPS) is 26.0. The molecule has 0 bridgehead atoms. The number of hydrogen-bond acceptors (Lipinski definition) is 4. The molecule has 4 rings (SSSR count). The van der Waals surface area contributed by atoms with Crippen LogP contribution in [0.15, 0.2) is 47.6 Å². The van der Waals surface area contributed by atoms with Crippen molar-refractivity contribution in [2.75, 3.05) is 5.01 Å². The average molecular weight is 572 g/mol. The molecule has 1 heterocycles. The molecule has 2 aromatic carbocycles. The van der Waals surface area contributed by atoms with Gasteiger partial charge in [0, 0.05) is 14.5 Å². The fourth-order valence-electron chi connectivity index (χ4n) is 4.37. The first-order valence-corrected chi connectivity index (χ1v) is 12.3. The summed E-state index contributed by atoms with van der Waals surface area (Å²) in [4.78, 5) is 13.2. The number of nitrogens with one attached hydrogen (secondary N) is 1. The molecule has 164 valence electrons. The SMILES string of the molecule is CC1C(C(=O)N[C@@H]2CCCC[C@@H]2O)=NN(c2ccc(Cl)cc2Cl)C1c1ccc(I)cc1. The van der Waals surface area contributed by atoms with Crippen molar-refractivity contribution in [3.05, 3.63) is 61.6 Å². The van der Waals surface area contributed by atoms with E-state index in [0.29, 0.717) is 27.9 Å². The number of hydrazone groups is 1. The molecule has 4 atom stereocenters. The van der Waals surface area contributed by atoms with Crippen LogP contribution in [0.3, 0.4) is 0 Å². The van der Waals surface area contributed by atoms with E-state index in [-0.39, 0.29) is 23.9 Å². The molecule has 1 saturated carbocycles. The fraction of sp³-hybridized carbons (Fsp3) is 0.391. The van der Waals surface area contributed by atoms with E-state index in [9.17, 15) is 9.90 Å². The Morgan fingerprint density at radius 2 is 1.87 bits per heavy atom. The molecule has 1 fully saturated rings. The van der Waals surface area contributed by atoms with Gasteiger partial charge in [0.05, 0.1) is 28.9 Å². The molecular formula is C23H24Cl2IN3O2. The van der Waals surface area contributed by atoms with Gasteiger partial charge in [0.1, 0.15) is 5.71 Å². The molecule has 2 aliphatic rings. The molecule has 8 heteroatoms. The Bertz CT molecular complexity index is 999. The lowest BCUT2D eigenvalue weighted by molar-refractivity contribution is -0.116. The first kappa shape index (κ1) is 22.8. The van der Waals surface area contributed by atoms with Crippen LogP contribution < -0.4 is 10.3 Å². The van der Waals surface area contributed by atoms with Crippen LogP contribution in [-0.4, -0.2) is 28.9 Å². The van der Waals surface area contributed by atoms with Gasteiger partial charge in [0.25, 0.3) is 5.91 Å². The Balaban J connectivity index is 1.68. The van der Waals surface area contributed by atoms with E-state index >= 15 is 0 Å². The van der Waals surface area contributed by atoms with Crippen LogP contribution in [0.1, 0.15) is 44.2 Å². The molecule has 0 spiro atoms. The van der Waals surface area contributed by atoms with Crippen LogP contribution in [0.4, 0.5) is 5.69 Å². The van der Waals surface area contributed by atoms with Crippen molar-refractivity contribution in [3.8, 4) is 0 Å². The zero-order chi connectivity index (χ0) is 22.1. The highest BCUT2D eigenvalue weighted by Crippen LogP contribution is 2.42. The molecular weight excluding hydrogens is 548 g/mol. The number of aliphatic hydroxyl groups excluding tert-OH is 1. The standard InChI is InChI=1S/C23H24Cl2IN3O2/c1-13-21(23(31)27-18-4-2-3-5-20(18)30)28-29(19-11-8-15(24)12-17(19)25)22(13)14-6-9-16(26)10-7-14/h6-13,18,20,22,30H,2-5H2,1H3,(H,27,31)/t13?,18-,20+,22?/m1/s1. The maximum Gasteiger partial charge on any atom is 0.268 e. The first-order valence-electron chi connectivity index (χ1n) is 10.4. The van der Waals surface area contributed by atoms with E-state index in [1.54, 1.807) is 12.1 Å². The second kappa shape index (κ2) is 9.65. The Hall–Kier alpha value is -1.35. The van der Waals surface area contributed by atoms with E-state index in [1.165, 1.54) is 0 Å². The number of aliphatic hydroxyl groups is 1. The third-order valence-electron chi connectivity index (χ3n) is 6.03. The Morgan fingerprint density at radius 3 is 2.55 bits per heavy atom. The summed E-state index contributed by atoms with van der Waals surface area (Å²) in [6, 6.07) is 13.1. The maximum absolute atomic E-state index is 13.2. The van der Waals surface area contributed by atoms with Gasteiger partial charge in [0.2, 0.25) is 0 Å². The molecule has 1 aliphatic heterocycles. The van der Waals surface area contributed by atoms with E-state index in [2.05, 4.69) is 40.0 Å². The molecule has 5 nitrogen and oxygen atoms in total. The van der Waals surface area contributed by atoms with Gasteiger partial charge in [-0.05, 0) is 71.3 Å². The van der Waals surface area contributed by atoms with Crippen molar-refractivity contribution < 1.29 is 9.90 Å². The minimum atomic E-state index is -0.510. The second-order valence-corrected chi connectivity index (χ2v) is 10.2. The van der Waals surface area contributed by atoms with Crippen molar-refractivity contribution in [3.63, 3.8) is 0 Å². The highest BCUT2D eigenvalue weighted by molar-refractivity contribution is 14.1. The number of anilines is 1. The Labute approximate surface area is 205 Å². The van der Waals surface area contributed by atoms with Gasteiger partial charge in [-0.15, -0.1) is 0 Å². The number of nitrogens with zero attached hydrogens (tertiary/aromatic N) is 2. The number of carbonyl (C=O) groups excluding carboxylic acids is 1. The van der Waals surface area contributed by atoms with E-state index < -0.39 is 6.10 Å². The minimum Gasteiger partial charge on any atom is -0.391 e. The molecule has 2 N–H and O–H groups in total. The van der Waals surface area contributed by atoms with Gasteiger partial charge in [0.15, 0.2) is 0 Å². The predicted molar refractivity (Wildman–Crippen MR) is 134 cm³/mol. The molecule has 0 saturated heterocycles. The number of carbonyl (C=O) groups is 1. The summed E-state index contributed by atoms with van der Waals surface area (Å²) in [6.45, 7) is 2.00. The van der Waals surface area contributed by atoms with Crippen LogP contribution in [0.2, 0.25) is 10.0 Å². The number of amides is 1. The zero-order valence-electron chi connectivity index (χ0n) is 17.1. The lowest BCUT2D eigenvalue weighted by Gasteiger charge is -2.29. The molecule has 31 heavy (non-hydrogen) atoms. The van der Waals surface area contributed by atoms with Gasteiger partial charge in [-0.1, -0.05) is 55.1 Å². The molecule has 0 radical (unpaired) electrons. The van der Waals surface area contributed by atoms with Crippen molar-refractivity contribution in [1.29, 1.82) is 0 Å². The summed E-state index contributed by atoms with van der Waals surface area (Å²) in [5.41, 5.74) is 2.18. The lowest BCUT2D eigenvalue weighted by atomic mass is 9.89. The van der Waals surface area contributed by atoms with Crippen molar-refractivity contribution >= 4 is 63.1 Å². The van der Waals surface area contributed by atoms with Crippen molar-refractivity contribution in [2.24, 2.45) is 11.0 Å². The smallest absolute Gasteiger partial charge is 0.268 e. The van der Waals surface area contributed by atoms with Gasteiger partial charge in [-0.3, -0.25) is 9.80 Å². The summed E-state index contributed by atoms with van der Waals surface area (Å²) in [7, 11) is 0. The van der Waals surface area contributed by atoms with Gasteiger partial charge in [-0.25, -0.2) is 0 Å². The monoisotopic (exact) mass is 571 g/mol. The van der Waals surface area contributed by atoms with Crippen LogP contribution in [0, 0.1) is 9.49 Å². The van der Waals surface area contributed by atoms with Crippen LogP contribution in [0.5, 0.6) is 0 Å². The number of hydrogen-bond donors (Lipinski definition) is 2. The highest BCUT2D eigenvalue weighted by Gasteiger charge is 2.41. The highest BCUT2D eigenvalue weighted by atomic mass is 127. The predicted octanol–water partition coefficient (Wildman–Crippen LogP) is 5.57. The van der Waals surface area contributed by atoms with Gasteiger partial charge < -0.3 is 10.4 Å². The average Bonchev–Trinajstić information content (AvgIpc) is 3.07. The van der Waals surface area contributed by atoms with Crippen LogP contribution >= 0.6 is 45.8 Å². The van der Waals surface area contributed by atoms with E-state index in [0.717, 1.165) is 28.4 Å². The maximum atomic E-state index is 13.2. The van der Waals surface area contributed by atoms with Gasteiger partial charge >= 0.3 is 0 Å². The summed E-state index contributed by atoms with van der Waals surface area (Å²) in [5, 5.41) is 20.9. The molecule has 0 aromatic heterocycles. The zero-order valence-corrected chi connectivity index (χ0v) is 20.7. The first-order chi connectivity index (χ1) is 14.8. The van der Waals surface area contributed by atoms with Crippen molar-refractivity contribution in [1.82, 2.24) is 5.32 Å². The fourth-order valence-corrected chi connectivity index (χ4v) is 5.22. The molecule has 2 aromatic rings. The van der Waals surface area contributed by atoms with E-state index in [1.807, 2.05) is 30.1 Å². The third-order valence-corrected chi connectivity index (χ3v) is 7.29. The number of benzene rings is 2. The van der Waals surface area contributed by atoms with Crippen molar-refractivity contribution in [2.45, 2.75) is 50.8 Å². The molecule has 2 unspecified atom stereocenters. The summed E-state index contributed by atoms with van der Waals surface area (Å²) in [5.74, 6) is -0.408. The largest absolute Gasteiger partial charge is 0.391 e. The number of halogens is 3. The topological polar surface area (TPSA) is 64.9 Å². The second-order valence-electron chi connectivity index (χ2n) is 8.14. The molecule has 1 aliphatic carbocycles. The van der Waals surface area contributed by atoms with Crippen LogP contribution in [-0.2, 0) is 4.79 Å². The number of rotatable bonds is 4. The minimum absolute atomic E-state index is 0.174. The summed E-state index contributed by atoms with van der Waals surface area (Å²) < 4.78 is 1.13. The van der Waals surface area contributed by atoms with Crippen LogP contribution in [0.25, 0.3) is 0 Å². The lowest BCUT2D eigenvalue weighted by Crippen LogP contribution is -2.48. The molecule has 1 amide bonds. The Kier molecular flexibility index (Phi) is 7.10. The Morgan fingerprint density at radius 1 is 1.16 bits per heavy atom.